The zero-order valence-electron chi connectivity index (χ0n) is 10.0. The third kappa shape index (κ3) is 2.54. The molecule has 2 aliphatic rings. The molecule has 2 aliphatic heterocycles. The summed E-state index contributed by atoms with van der Waals surface area (Å²) in [5.74, 6) is 3.17. The molecule has 0 bridgehead atoms. The highest BCUT2D eigenvalue weighted by Crippen LogP contribution is 2.70. The van der Waals surface area contributed by atoms with Crippen molar-refractivity contribution in [2.75, 3.05) is 18.2 Å². The largest absolute Gasteiger partial charge is 0.380 e. The normalized spacial score (nSPS) is 54.1. The number of hydrogen-bond donors (Lipinski definition) is 0. The zero-order valence-corrected chi connectivity index (χ0v) is 13.4. The molecule has 2 saturated heterocycles. The first kappa shape index (κ1) is 13.8. The summed E-state index contributed by atoms with van der Waals surface area (Å²) in [5.41, 5.74) is -0.00687. The fourth-order valence-corrected chi connectivity index (χ4v) is 10.0. The van der Waals surface area contributed by atoms with E-state index in [9.17, 15) is 0 Å². The van der Waals surface area contributed by atoms with Crippen LogP contribution in [-0.4, -0.2) is 37.6 Å². The summed E-state index contributed by atoms with van der Waals surface area (Å²) in [4.78, 5) is 0. The highest BCUT2D eigenvalue weighted by atomic mass is 33.2. The van der Waals surface area contributed by atoms with E-state index in [1.807, 2.05) is 22.8 Å². The van der Waals surface area contributed by atoms with E-state index in [0.29, 0.717) is 11.8 Å². The molecule has 16 heavy (non-hydrogen) atoms. The van der Waals surface area contributed by atoms with Crippen LogP contribution in [0.5, 0.6) is 0 Å². The molecule has 2 heterocycles. The fourth-order valence-electron chi connectivity index (χ4n) is 2.42. The molecular weight excluding hydrogens is 274 g/mol. The first-order chi connectivity index (χ1) is 7.36. The van der Waals surface area contributed by atoms with E-state index in [1.54, 1.807) is 0 Å². The van der Waals surface area contributed by atoms with E-state index in [0.717, 1.165) is 17.9 Å². The van der Waals surface area contributed by atoms with Gasteiger partial charge in [-0.05, 0) is 24.9 Å². The average molecular weight is 292 g/mol. The summed E-state index contributed by atoms with van der Waals surface area (Å²) in [6.45, 7) is 6.72. The summed E-state index contributed by atoms with van der Waals surface area (Å²) in [5, 5.41) is 0. The standard InChI is InChI=1S/C10H18BOPS3/c1-7-8(2)10(12-9(7)11)4-5-15-13(3,14)16-6-10/h7-9H,4-6H2,1-3H3/t7-,8?,9+,10+,13?/m0/s1. The van der Waals surface area contributed by atoms with Gasteiger partial charge in [-0.15, -0.1) is 22.8 Å². The van der Waals surface area contributed by atoms with Crippen molar-refractivity contribution in [2.45, 2.75) is 31.9 Å². The molecule has 5 atom stereocenters. The van der Waals surface area contributed by atoms with Crippen LogP contribution in [0.3, 0.4) is 0 Å². The van der Waals surface area contributed by atoms with E-state index in [-0.39, 0.29) is 11.6 Å². The summed E-state index contributed by atoms with van der Waals surface area (Å²) in [6, 6.07) is -0.0894. The molecule has 1 nitrogen and oxygen atoms in total. The molecule has 0 aromatic carbocycles. The van der Waals surface area contributed by atoms with Crippen LogP contribution in [-0.2, 0) is 16.5 Å². The Balaban J connectivity index is 2.17. The van der Waals surface area contributed by atoms with Crippen molar-refractivity contribution < 1.29 is 4.74 Å². The quantitative estimate of drug-likeness (QED) is 0.500. The van der Waals surface area contributed by atoms with Crippen LogP contribution in [0.1, 0.15) is 20.3 Å². The molecule has 2 fully saturated rings. The molecule has 2 radical (unpaired) electrons. The minimum Gasteiger partial charge on any atom is -0.380 e. The third-order valence-corrected chi connectivity index (χ3v) is 13.4. The predicted molar refractivity (Wildman–Crippen MR) is 81.4 cm³/mol. The van der Waals surface area contributed by atoms with Crippen molar-refractivity contribution >= 4 is 46.9 Å². The first-order valence-corrected chi connectivity index (χ1v) is 12.1. The Labute approximate surface area is 113 Å². The van der Waals surface area contributed by atoms with Gasteiger partial charge in [0, 0.05) is 17.5 Å². The molecule has 2 rings (SSSR count). The maximum atomic E-state index is 6.10. The number of hydrogen-bond acceptors (Lipinski definition) is 4. The van der Waals surface area contributed by atoms with Crippen molar-refractivity contribution in [1.29, 1.82) is 0 Å². The Bertz CT molecular complexity index is 327. The van der Waals surface area contributed by atoms with Gasteiger partial charge in [-0.1, -0.05) is 25.7 Å². The maximum absolute atomic E-state index is 6.10. The van der Waals surface area contributed by atoms with Crippen molar-refractivity contribution in [3.63, 3.8) is 0 Å². The lowest BCUT2D eigenvalue weighted by Gasteiger charge is -2.32. The van der Waals surface area contributed by atoms with Crippen molar-refractivity contribution in [3.05, 3.63) is 0 Å². The summed E-state index contributed by atoms with van der Waals surface area (Å²) >= 11 is 9.58. The smallest absolute Gasteiger partial charge is 0.109 e. The minimum absolute atomic E-state index is 0.00687. The maximum Gasteiger partial charge on any atom is 0.109 e. The Kier molecular flexibility index (Phi) is 4.15. The zero-order chi connectivity index (χ0) is 12.0. The predicted octanol–water partition coefficient (Wildman–Crippen LogP) is 3.33. The lowest BCUT2D eigenvalue weighted by molar-refractivity contribution is -0.0134. The van der Waals surface area contributed by atoms with Gasteiger partial charge in [0.05, 0.1) is 10.0 Å². The molecule has 90 valence electrons. The van der Waals surface area contributed by atoms with Crippen LogP contribution < -0.4 is 0 Å². The van der Waals surface area contributed by atoms with E-state index in [4.69, 9.17) is 24.4 Å². The fraction of sp³-hybridized carbons (Fsp3) is 1.00. The second-order valence-electron chi connectivity index (χ2n) is 4.92. The third-order valence-electron chi connectivity index (χ3n) is 3.90. The second-order valence-corrected chi connectivity index (χ2v) is 17.9. The van der Waals surface area contributed by atoms with Gasteiger partial charge < -0.3 is 4.74 Å². The summed E-state index contributed by atoms with van der Waals surface area (Å²) < 4.78 is 4.87. The topological polar surface area (TPSA) is 9.23 Å². The van der Waals surface area contributed by atoms with Gasteiger partial charge in [-0.25, -0.2) is 0 Å². The summed E-state index contributed by atoms with van der Waals surface area (Å²) in [7, 11) is 6.04. The van der Waals surface area contributed by atoms with Gasteiger partial charge in [0.25, 0.3) is 0 Å². The van der Waals surface area contributed by atoms with Crippen molar-refractivity contribution in [3.8, 4) is 0 Å². The molecule has 0 amide bonds. The molecule has 1 spiro atoms. The monoisotopic (exact) mass is 292 g/mol. The van der Waals surface area contributed by atoms with Crippen LogP contribution >= 0.6 is 27.2 Å². The Morgan fingerprint density at radius 3 is 2.69 bits per heavy atom. The first-order valence-electron chi connectivity index (χ1n) is 5.66. The van der Waals surface area contributed by atoms with Crippen molar-refractivity contribution in [1.82, 2.24) is 0 Å². The molecule has 0 N–H and O–H groups in total. The summed E-state index contributed by atoms with van der Waals surface area (Å²) in [6.07, 6.45) is 1.11. The van der Waals surface area contributed by atoms with Gasteiger partial charge >= 0.3 is 0 Å². The Morgan fingerprint density at radius 2 is 2.12 bits per heavy atom. The Hall–Kier alpha value is 1.37. The van der Waals surface area contributed by atoms with E-state index < -0.39 is 4.44 Å². The van der Waals surface area contributed by atoms with E-state index in [2.05, 4.69) is 20.5 Å². The van der Waals surface area contributed by atoms with Crippen LogP contribution in [0, 0.1) is 11.8 Å². The molecule has 0 saturated carbocycles. The van der Waals surface area contributed by atoms with Crippen LogP contribution in [0.2, 0.25) is 0 Å². The molecule has 0 aromatic heterocycles. The van der Waals surface area contributed by atoms with Crippen LogP contribution in [0.25, 0.3) is 0 Å². The highest BCUT2D eigenvalue weighted by Gasteiger charge is 2.49. The van der Waals surface area contributed by atoms with Crippen LogP contribution in [0.15, 0.2) is 0 Å². The second kappa shape index (κ2) is 4.81. The molecular formula is C10H18BOPS3. The molecule has 0 aromatic rings. The average Bonchev–Trinajstić information content (AvgIpc) is 2.37. The van der Waals surface area contributed by atoms with E-state index >= 15 is 0 Å². The van der Waals surface area contributed by atoms with Gasteiger partial charge in [-0.2, -0.15) is 0 Å². The van der Waals surface area contributed by atoms with Gasteiger partial charge in [-0.3, -0.25) is 0 Å². The lowest BCUT2D eigenvalue weighted by Crippen LogP contribution is -2.38. The molecule has 2 unspecified atom stereocenters. The highest BCUT2D eigenvalue weighted by molar-refractivity contribution is 9.00. The van der Waals surface area contributed by atoms with Gasteiger partial charge in [0.15, 0.2) is 0 Å². The number of ether oxygens (including phenoxy) is 1. The molecule has 0 aliphatic carbocycles. The molecule has 6 heteroatoms. The Morgan fingerprint density at radius 1 is 1.44 bits per heavy atom. The SMILES string of the molecule is [B][C@@H]1O[C@@]2(CCSP(C)(=S)SC2)C(C)[C@@H]1C. The van der Waals surface area contributed by atoms with Gasteiger partial charge in [0.1, 0.15) is 7.85 Å². The van der Waals surface area contributed by atoms with Crippen molar-refractivity contribution in [2.24, 2.45) is 11.8 Å². The van der Waals surface area contributed by atoms with E-state index in [1.165, 1.54) is 0 Å². The number of rotatable bonds is 0. The minimum atomic E-state index is -1.23. The van der Waals surface area contributed by atoms with Gasteiger partial charge in [0.2, 0.25) is 0 Å². The lowest BCUT2D eigenvalue weighted by atomic mass is 9.77. The van der Waals surface area contributed by atoms with Crippen LogP contribution in [0.4, 0.5) is 0 Å².